The number of aliphatic imine (C=N–C) groups is 1. The molecule has 2 saturated carbocycles. The highest BCUT2D eigenvalue weighted by Gasteiger charge is 2.65. The van der Waals surface area contributed by atoms with Crippen LogP contribution in [0.25, 0.3) is 0 Å². The van der Waals surface area contributed by atoms with Crippen molar-refractivity contribution in [2.45, 2.75) is 50.7 Å². The summed E-state index contributed by atoms with van der Waals surface area (Å²) in [5.74, 6) is 2.56. The molecule has 0 aromatic carbocycles. The van der Waals surface area contributed by atoms with Crippen molar-refractivity contribution in [3.63, 3.8) is 0 Å². The molecule has 4 unspecified atom stereocenters. The normalized spacial score (nSPS) is 37.6. The maximum Gasteiger partial charge on any atom is 0.193 e. The first kappa shape index (κ1) is 21.1. The Labute approximate surface area is 186 Å². The molecule has 28 heavy (non-hydrogen) atoms. The van der Waals surface area contributed by atoms with Gasteiger partial charge in [0.15, 0.2) is 5.96 Å². The molecule has 4 atom stereocenters. The fourth-order valence-electron chi connectivity index (χ4n) is 6.58. The van der Waals surface area contributed by atoms with Gasteiger partial charge in [0.1, 0.15) is 0 Å². The second kappa shape index (κ2) is 8.94. The molecule has 5 rings (SSSR count). The second-order valence-corrected chi connectivity index (χ2v) is 9.37. The van der Waals surface area contributed by atoms with E-state index in [0.29, 0.717) is 23.5 Å². The van der Waals surface area contributed by atoms with Crippen LogP contribution in [0.15, 0.2) is 4.99 Å². The summed E-state index contributed by atoms with van der Waals surface area (Å²) < 4.78 is 11.7. The monoisotopic (exact) mass is 504 g/mol. The number of hydrogen-bond donors (Lipinski definition) is 1. The summed E-state index contributed by atoms with van der Waals surface area (Å²) in [4.78, 5) is 9.78. The van der Waals surface area contributed by atoms with Gasteiger partial charge in [-0.1, -0.05) is 12.8 Å². The van der Waals surface area contributed by atoms with Crippen LogP contribution in [0.2, 0.25) is 0 Å². The Hall–Kier alpha value is -0.120. The van der Waals surface area contributed by atoms with Gasteiger partial charge < -0.3 is 19.7 Å². The zero-order valence-electron chi connectivity index (χ0n) is 17.3. The van der Waals surface area contributed by atoms with E-state index in [1.807, 2.05) is 7.05 Å². The number of nitrogens with one attached hydrogen (secondary N) is 1. The molecular weight excluding hydrogens is 467 g/mol. The number of halogens is 1. The third kappa shape index (κ3) is 3.69. The Balaban J connectivity index is 0.00000192. The molecule has 0 radical (unpaired) electrons. The number of ether oxygens (including phenoxy) is 2. The van der Waals surface area contributed by atoms with Crippen molar-refractivity contribution in [3.8, 4) is 0 Å². The lowest BCUT2D eigenvalue weighted by Crippen LogP contribution is -2.70. The van der Waals surface area contributed by atoms with Crippen LogP contribution < -0.4 is 5.32 Å². The van der Waals surface area contributed by atoms with Gasteiger partial charge in [-0.15, -0.1) is 24.0 Å². The van der Waals surface area contributed by atoms with Gasteiger partial charge in [-0.2, -0.15) is 0 Å². The first-order valence-electron chi connectivity index (χ1n) is 11.2. The highest BCUT2D eigenvalue weighted by atomic mass is 127. The summed E-state index contributed by atoms with van der Waals surface area (Å²) in [5, 5.41) is 3.92. The van der Waals surface area contributed by atoms with Gasteiger partial charge in [0.25, 0.3) is 0 Å². The average Bonchev–Trinajstić information content (AvgIpc) is 3.44. The summed E-state index contributed by atoms with van der Waals surface area (Å²) in [5.41, 5.74) is 0.390. The van der Waals surface area contributed by atoms with Crippen LogP contribution in [-0.4, -0.2) is 87.5 Å². The molecule has 160 valence electrons. The van der Waals surface area contributed by atoms with Gasteiger partial charge in [0.2, 0.25) is 0 Å². The first-order chi connectivity index (χ1) is 13.3. The quantitative estimate of drug-likeness (QED) is 0.363. The molecule has 0 amide bonds. The standard InChI is InChI=1S/C21H36N4O2.HI/c1-22-20(25-10-8-24(9-11-25)14-16-4-12-26-15-16)23-18-17-5-13-27-19(17)21(18)6-2-3-7-21;/h16-19H,2-15H2,1H3,(H,22,23);1H. The molecule has 3 heterocycles. The average molecular weight is 504 g/mol. The van der Waals surface area contributed by atoms with E-state index < -0.39 is 0 Å². The lowest BCUT2D eigenvalue weighted by molar-refractivity contribution is -0.125. The molecular formula is C21H37IN4O2. The Morgan fingerprint density at radius 1 is 1.11 bits per heavy atom. The highest BCUT2D eigenvalue weighted by molar-refractivity contribution is 14.0. The van der Waals surface area contributed by atoms with Crippen molar-refractivity contribution in [1.82, 2.24) is 15.1 Å². The molecule has 7 heteroatoms. The van der Waals surface area contributed by atoms with E-state index in [1.165, 1.54) is 45.1 Å². The molecule has 1 N–H and O–H groups in total. The largest absolute Gasteiger partial charge is 0.381 e. The zero-order valence-corrected chi connectivity index (χ0v) is 19.6. The number of fused-ring (bicyclic) bond motifs is 2. The molecule has 0 aromatic heterocycles. The van der Waals surface area contributed by atoms with Crippen LogP contribution in [0.5, 0.6) is 0 Å². The SMILES string of the molecule is CN=C(NC1C2CCOC2C12CCCC2)N1CCN(CC2CCOC2)CC1.I. The minimum absolute atomic E-state index is 0. The van der Waals surface area contributed by atoms with Crippen molar-refractivity contribution in [1.29, 1.82) is 0 Å². The maximum absolute atomic E-state index is 6.15. The fraction of sp³-hybridized carbons (Fsp3) is 0.952. The minimum atomic E-state index is 0. The molecule has 1 spiro atoms. The van der Waals surface area contributed by atoms with Crippen LogP contribution in [0.4, 0.5) is 0 Å². The van der Waals surface area contributed by atoms with E-state index in [9.17, 15) is 0 Å². The fourth-order valence-corrected chi connectivity index (χ4v) is 6.58. The van der Waals surface area contributed by atoms with E-state index in [-0.39, 0.29) is 24.0 Å². The van der Waals surface area contributed by atoms with E-state index >= 15 is 0 Å². The van der Waals surface area contributed by atoms with Crippen LogP contribution in [-0.2, 0) is 9.47 Å². The van der Waals surface area contributed by atoms with Crippen molar-refractivity contribution >= 4 is 29.9 Å². The van der Waals surface area contributed by atoms with Gasteiger partial charge >= 0.3 is 0 Å². The third-order valence-corrected chi connectivity index (χ3v) is 7.99. The van der Waals surface area contributed by atoms with Crippen molar-refractivity contribution in [3.05, 3.63) is 0 Å². The van der Waals surface area contributed by atoms with E-state index in [0.717, 1.165) is 57.9 Å². The number of hydrogen-bond acceptors (Lipinski definition) is 4. The zero-order chi connectivity index (χ0) is 18.3. The van der Waals surface area contributed by atoms with E-state index in [2.05, 4.69) is 20.1 Å². The summed E-state index contributed by atoms with van der Waals surface area (Å²) >= 11 is 0. The Bertz CT molecular complexity index is 555. The molecule has 0 aromatic rings. The van der Waals surface area contributed by atoms with Gasteiger partial charge in [0, 0.05) is 70.4 Å². The van der Waals surface area contributed by atoms with Crippen molar-refractivity contribution < 1.29 is 9.47 Å². The topological polar surface area (TPSA) is 49.3 Å². The summed E-state index contributed by atoms with van der Waals surface area (Å²) in [6.45, 7) is 8.51. The molecule has 5 aliphatic rings. The van der Waals surface area contributed by atoms with Crippen molar-refractivity contribution in [2.24, 2.45) is 22.2 Å². The summed E-state index contributed by atoms with van der Waals surface area (Å²) in [6.07, 6.45) is 8.37. The molecule has 2 aliphatic carbocycles. The number of nitrogens with zero attached hydrogens (tertiary/aromatic N) is 3. The van der Waals surface area contributed by atoms with Crippen LogP contribution in [0, 0.1) is 17.3 Å². The number of guanidine groups is 1. The van der Waals surface area contributed by atoms with Gasteiger partial charge in [-0.25, -0.2) is 0 Å². The highest BCUT2D eigenvalue weighted by Crippen LogP contribution is 2.60. The molecule has 3 aliphatic heterocycles. The van der Waals surface area contributed by atoms with E-state index in [1.54, 1.807) is 0 Å². The van der Waals surface area contributed by atoms with Crippen LogP contribution in [0.1, 0.15) is 38.5 Å². The maximum atomic E-state index is 6.15. The Morgan fingerprint density at radius 2 is 1.89 bits per heavy atom. The second-order valence-electron chi connectivity index (χ2n) is 9.37. The van der Waals surface area contributed by atoms with Gasteiger partial charge in [-0.3, -0.25) is 9.89 Å². The molecule has 5 fully saturated rings. The predicted octanol–water partition coefficient (Wildman–Crippen LogP) is 2.18. The number of rotatable bonds is 3. The summed E-state index contributed by atoms with van der Waals surface area (Å²) in [7, 11) is 1.95. The minimum Gasteiger partial charge on any atom is -0.381 e. The van der Waals surface area contributed by atoms with Gasteiger partial charge in [0.05, 0.1) is 12.7 Å². The Kier molecular flexibility index (Phi) is 6.74. The van der Waals surface area contributed by atoms with Crippen LogP contribution in [0.3, 0.4) is 0 Å². The molecule has 6 nitrogen and oxygen atoms in total. The lowest BCUT2D eigenvalue weighted by atomic mass is 9.54. The Morgan fingerprint density at radius 3 is 2.57 bits per heavy atom. The first-order valence-corrected chi connectivity index (χ1v) is 11.2. The van der Waals surface area contributed by atoms with Crippen LogP contribution >= 0.6 is 24.0 Å². The summed E-state index contributed by atoms with van der Waals surface area (Å²) in [6, 6.07) is 0.569. The smallest absolute Gasteiger partial charge is 0.193 e. The van der Waals surface area contributed by atoms with Gasteiger partial charge in [-0.05, 0) is 31.6 Å². The predicted molar refractivity (Wildman–Crippen MR) is 121 cm³/mol. The lowest BCUT2D eigenvalue weighted by Gasteiger charge is -2.57. The number of piperazine rings is 1. The molecule has 0 bridgehead atoms. The third-order valence-electron chi connectivity index (χ3n) is 7.99. The van der Waals surface area contributed by atoms with Crippen molar-refractivity contribution in [2.75, 3.05) is 59.6 Å². The van der Waals surface area contributed by atoms with E-state index in [4.69, 9.17) is 9.47 Å². The molecule has 3 saturated heterocycles.